The van der Waals surface area contributed by atoms with Gasteiger partial charge in [0.05, 0.1) is 17.3 Å². The van der Waals surface area contributed by atoms with E-state index in [1.165, 1.54) is 16.2 Å². The van der Waals surface area contributed by atoms with Crippen molar-refractivity contribution in [3.63, 3.8) is 0 Å². The van der Waals surface area contributed by atoms with Crippen molar-refractivity contribution in [2.24, 2.45) is 0 Å². The van der Waals surface area contributed by atoms with Crippen LogP contribution in [0.2, 0.25) is 10.0 Å². The molecule has 3 rings (SSSR count). The summed E-state index contributed by atoms with van der Waals surface area (Å²) in [6.45, 7) is 0.230. The first kappa shape index (κ1) is 14.5. The van der Waals surface area contributed by atoms with Crippen LogP contribution in [-0.2, 0) is 16.1 Å². The largest absolute Gasteiger partial charge is 0.276 e. The number of nitrogens with zero attached hydrogens (tertiary/aromatic N) is 2. The van der Waals surface area contributed by atoms with E-state index in [-0.39, 0.29) is 18.4 Å². The van der Waals surface area contributed by atoms with Gasteiger partial charge in [0.2, 0.25) is 11.8 Å². The molecule has 21 heavy (non-hydrogen) atoms. The zero-order chi connectivity index (χ0) is 15.0. The van der Waals surface area contributed by atoms with Crippen molar-refractivity contribution in [3.8, 4) is 11.3 Å². The fourth-order valence-corrected chi connectivity index (χ4v) is 3.43. The molecule has 1 aromatic carbocycles. The van der Waals surface area contributed by atoms with Crippen LogP contribution in [0.15, 0.2) is 23.6 Å². The number of aromatic nitrogens is 1. The van der Waals surface area contributed by atoms with Crippen molar-refractivity contribution >= 4 is 46.4 Å². The van der Waals surface area contributed by atoms with E-state index in [1.54, 1.807) is 18.2 Å². The molecule has 7 heteroatoms. The predicted molar refractivity (Wildman–Crippen MR) is 82.4 cm³/mol. The average Bonchev–Trinajstić information content (AvgIpc) is 3.01. The van der Waals surface area contributed by atoms with Gasteiger partial charge in [0, 0.05) is 28.8 Å². The van der Waals surface area contributed by atoms with E-state index in [1.807, 2.05) is 5.38 Å². The van der Waals surface area contributed by atoms with Crippen molar-refractivity contribution in [1.82, 2.24) is 9.88 Å². The summed E-state index contributed by atoms with van der Waals surface area (Å²) in [7, 11) is 0. The zero-order valence-corrected chi connectivity index (χ0v) is 13.1. The van der Waals surface area contributed by atoms with Crippen LogP contribution in [0.25, 0.3) is 11.3 Å². The second-order valence-electron chi connectivity index (χ2n) is 4.62. The number of carbonyl (C=O) groups excluding carboxylic acids is 2. The van der Waals surface area contributed by atoms with Crippen LogP contribution in [0.5, 0.6) is 0 Å². The van der Waals surface area contributed by atoms with Gasteiger partial charge in [-0.3, -0.25) is 14.5 Å². The van der Waals surface area contributed by atoms with Crippen LogP contribution < -0.4 is 0 Å². The summed E-state index contributed by atoms with van der Waals surface area (Å²) in [5.74, 6) is -0.275. The third kappa shape index (κ3) is 2.95. The van der Waals surface area contributed by atoms with Gasteiger partial charge in [0.1, 0.15) is 5.01 Å². The predicted octanol–water partition coefficient (Wildman–Crippen LogP) is 3.77. The third-order valence-electron chi connectivity index (χ3n) is 3.21. The monoisotopic (exact) mass is 340 g/mol. The number of benzene rings is 1. The molecule has 2 heterocycles. The summed E-state index contributed by atoms with van der Waals surface area (Å²) < 4.78 is 0. The fourth-order valence-electron chi connectivity index (χ4n) is 2.14. The van der Waals surface area contributed by atoms with Crippen LogP contribution >= 0.6 is 34.5 Å². The van der Waals surface area contributed by atoms with Gasteiger partial charge in [-0.25, -0.2) is 4.98 Å². The van der Waals surface area contributed by atoms with Crippen molar-refractivity contribution in [2.45, 2.75) is 19.4 Å². The molecule has 2 amide bonds. The average molecular weight is 341 g/mol. The van der Waals surface area contributed by atoms with Gasteiger partial charge < -0.3 is 0 Å². The summed E-state index contributed by atoms with van der Waals surface area (Å²) >= 11 is 13.4. The number of carbonyl (C=O) groups is 2. The summed E-state index contributed by atoms with van der Waals surface area (Å²) in [5, 5.41) is 3.65. The normalized spacial score (nSPS) is 15.0. The van der Waals surface area contributed by atoms with Crippen LogP contribution in [0.1, 0.15) is 17.8 Å². The van der Waals surface area contributed by atoms with Crippen molar-refractivity contribution in [2.75, 3.05) is 0 Å². The Bertz CT molecular complexity index is 714. The molecule has 108 valence electrons. The van der Waals surface area contributed by atoms with Crippen molar-refractivity contribution in [1.29, 1.82) is 0 Å². The SMILES string of the molecule is O=C1CCC(=O)N1Cc1nc(-c2ccc(Cl)cc2Cl)cs1. The summed E-state index contributed by atoms with van der Waals surface area (Å²) in [5.41, 5.74) is 1.50. The number of hydrogen-bond donors (Lipinski definition) is 0. The van der Waals surface area contributed by atoms with Crippen LogP contribution in [-0.4, -0.2) is 21.7 Å². The Morgan fingerprint density at radius 1 is 1.19 bits per heavy atom. The van der Waals surface area contributed by atoms with Gasteiger partial charge >= 0.3 is 0 Å². The lowest BCUT2D eigenvalue weighted by molar-refractivity contribution is -0.139. The number of hydrogen-bond acceptors (Lipinski definition) is 4. The molecule has 1 saturated heterocycles. The number of rotatable bonds is 3. The van der Waals surface area contributed by atoms with Crippen LogP contribution in [0.4, 0.5) is 0 Å². The first-order valence-corrected chi connectivity index (χ1v) is 7.91. The van der Waals surface area contributed by atoms with Gasteiger partial charge in [-0.2, -0.15) is 0 Å². The van der Waals surface area contributed by atoms with E-state index in [0.717, 1.165) is 11.3 Å². The van der Waals surface area contributed by atoms with Gasteiger partial charge in [-0.1, -0.05) is 23.2 Å². The molecular weight excluding hydrogens is 331 g/mol. The number of halogens is 2. The van der Waals surface area contributed by atoms with E-state index in [2.05, 4.69) is 4.98 Å². The molecule has 0 aliphatic carbocycles. The maximum atomic E-state index is 11.6. The van der Waals surface area contributed by atoms with Gasteiger partial charge in [-0.05, 0) is 18.2 Å². The Balaban J connectivity index is 1.83. The summed E-state index contributed by atoms with van der Waals surface area (Å²) in [4.78, 5) is 28.9. The number of thiazole rings is 1. The number of amides is 2. The highest BCUT2D eigenvalue weighted by Gasteiger charge is 2.29. The maximum Gasteiger partial charge on any atom is 0.230 e. The molecule has 1 aromatic heterocycles. The lowest BCUT2D eigenvalue weighted by Gasteiger charge is -2.10. The molecule has 1 aliphatic heterocycles. The summed E-state index contributed by atoms with van der Waals surface area (Å²) in [6, 6.07) is 5.20. The standard InChI is InChI=1S/C14H10Cl2N2O2S/c15-8-1-2-9(10(16)5-8)11-7-21-12(17-11)6-18-13(19)3-4-14(18)20/h1-2,5,7H,3-4,6H2. The number of imide groups is 1. The molecular formula is C14H10Cl2N2O2S. The van der Waals surface area contributed by atoms with Crippen molar-refractivity contribution in [3.05, 3.63) is 38.6 Å². The highest BCUT2D eigenvalue weighted by molar-refractivity contribution is 7.10. The van der Waals surface area contributed by atoms with Crippen LogP contribution in [0.3, 0.4) is 0 Å². The molecule has 0 saturated carbocycles. The Morgan fingerprint density at radius 3 is 2.57 bits per heavy atom. The fraction of sp³-hybridized carbons (Fsp3) is 0.214. The van der Waals surface area contributed by atoms with Crippen LogP contribution in [0, 0.1) is 0 Å². The first-order valence-electron chi connectivity index (χ1n) is 6.27. The first-order chi connectivity index (χ1) is 10.0. The molecule has 1 fully saturated rings. The third-order valence-corrected chi connectivity index (χ3v) is 4.59. The van der Waals surface area contributed by atoms with E-state index in [4.69, 9.17) is 23.2 Å². The highest BCUT2D eigenvalue weighted by Crippen LogP contribution is 2.31. The minimum absolute atomic E-state index is 0.138. The van der Waals surface area contributed by atoms with Gasteiger partial charge in [0.15, 0.2) is 0 Å². The molecule has 0 radical (unpaired) electrons. The molecule has 4 nitrogen and oxygen atoms in total. The second kappa shape index (κ2) is 5.75. The van der Waals surface area contributed by atoms with Gasteiger partial charge in [-0.15, -0.1) is 11.3 Å². The molecule has 0 atom stereocenters. The van der Waals surface area contributed by atoms with E-state index < -0.39 is 0 Å². The molecule has 1 aliphatic rings. The Kier molecular flexibility index (Phi) is 3.97. The molecule has 0 spiro atoms. The topological polar surface area (TPSA) is 50.3 Å². The van der Waals surface area contributed by atoms with Gasteiger partial charge in [0.25, 0.3) is 0 Å². The zero-order valence-electron chi connectivity index (χ0n) is 10.8. The summed E-state index contributed by atoms with van der Waals surface area (Å²) in [6.07, 6.45) is 0.583. The highest BCUT2D eigenvalue weighted by atomic mass is 35.5. The smallest absolute Gasteiger partial charge is 0.230 e. The molecule has 0 unspecified atom stereocenters. The van der Waals surface area contributed by atoms with Crippen molar-refractivity contribution < 1.29 is 9.59 Å². The van der Waals surface area contributed by atoms with E-state index in [9.17, 15) is 9.59 Å². The Hall–Kier alpha value is -1.43. The minimum Gasteiger partial charge on any atom is -0.276 e. The lowest BCUT2D eigenvalue weighted by Crippen LogP contribution is -2.28. The Labute approximate surface area is 135 Å². The van der Waals surface area contributed by atoms with E-state index >= 15 is 0 Å². The lowest BCUT2D eigenvalue weighted by atomic mass is 10.2. The Morgan fingerprint density at radius 2 is 1.90 bits per heavy atom. The molecule has 2 aromatic rings. The number of likely N-dealkylation sites (tertiary alicyclic amines) is 1. The molecule has 0 bridgehead atoms. The minimum atomic E-state index is -0.138. The second-order valence-corrected chi connectivity index (χ2v) is 6.41. The molecule has 0 N–H and O–H groups in total. The quantitative estimate of drug-likeness (QED) is 0.799. The van der Waals surface area contributed by atoms with E-state index in [0.29, 0.717) is 27.9 Å². The maximum absolute atomic E-state index is 11.6.